The van der Waals surface area contributed by atoms with Gasteiger partial charge in [-0.2, -0.15) is 0 Å². The summed E-state index contributed by atoms with van der Waals surface area (Å²) in [5.74, 6) is 0.0621. The summed E-state index contributed by atoms with van der Waals surface area (Å²) in [5, 5.41) is 3.39. The molecule has 5 nitrogen and oxygen atoms in total. The van der Waals surface area contributed by atoms with Gasteiger partial charge in [-0.1, -0.05) is 29.8 Å². The molecule has 0 unspecified atom stereocenters. The van der Waals surface area contributed by atoms with Crippen molar-refractivity contribution in [3.05, 3.63) is 70.4 Å². The highest BCUT2D eigenvalue weighted by Gasteiger charge is 2.15. The Morgan fingerprint density at radius 3 is 2.92 bits per heavy atom. The van der Waals surface area contributed by atoms with E-state index in [-0.39, 0.29) is 5.91 Å². The van der Waals surface area contributed by atoms with E-state index < -0.39 is 0 Å². The number of aromatic nitrogens is 2. The number of aryl methyl sites for hydroxylation is 1. The fourth-order valence-electron chi connectivity index (χ4n) is 2.45. The first kappa shape index (κ1) is 17.1. The van der Waals surface area contributed by atoms with Crippen molar-refractivity contribution < 1.29 is 9.53 Å². The van der Waals surface area contributed by atoms with E-state index in [0.29, 0.717) is 23.2 Å². The molecule has 0 saturated heterocycles. The molecule has 1 N–H and O–H groups in total. The van der Waals surface area contributed by atoms with Crippen molar-refractivity contribution in [1.29, 1.82) is 0 Å². The van der Waals surface area contributed by atoms with Gasteiger partial charge in [0.25, 0.3) is 5.91 Å². The second kappa shape index (κ2) is 7.90. The van der Waals surface area contributed by atoms with Gasteiger partial charge in [0, 0.05) is 23.7 Å². The van der Waals surface area contributed by atoms with Crippen LogP contribution in [0.4, 0.5) is 5.13 Å². The lowest BCUT2D eigenvalue weighted by molar-refractivity contribution is 0.102. The first-order valence-corrected chi connectivity index (χ1v) is 8.86. The van der Waals surface area contributed by atoms with Gasteiger partial charge in [-0.15, -0.1) is 11.3 Å². The predicted molar refractivity (Wildman–Crippen MR) is 99.5 cm³/mol. The number of nitrogens with one attached hydrogen (secondary N) is 1. The Morgan fingerprint density at radius 2 is 2.12 bits per heavy atom. The molecule has 1 amide bonds. The van der Waals surface area contributed by atoms with Gasteiger partial charge in [0.2, 0.25) is 5.88 Å². The third-order valence-corrected chi connectivity index (χ3v) is 4.44. The minimum atomic E-state index is -0.270. The summed E-state index contributed by atoms with van der Waals surface area (Å²) in [6.07, 6.45) is 4.20. The van der Waals surface area contributed by atoms with Crippen LogP contribution < -0.4 is 10.1 Å². The Bertz CT molecular complexity index is 876. The fraction of sp³-hybridized carbons (Fsp3) is 0.211. The highest BCUT2D eigenvalue weighted by Crippen LogP contribution is 2.23. The Hall–Kier alpha value is -2.73. The number of benzene rings is 1. The van der Waals surface area contributed by atoms with E-state index in [2.05, 4.69) is 40.4 Å². The summed E-state index contributed by atoms with van der Waals surface area (Å²) in [5.41, 5.74) is 2.86. The number of nitrogens with zero attached hydrogens (tertiary/aromatic N) is 2. The molecule has 0 spiro atoms. The molecule has 0 aliphatic heterocycles. The number of pyridine rings is 1. The lowest BCUT2D eigenvalue weighted by atomic mass is 10.1. The molecule has 0 saturated carbocycles. The van der Waals surface area contributed by atoms with E-state index >= 15 is 0 Å². The van der Waals surface area contributed by atoms with E-state index in [0.717, 1.165) is 11.3 Å². The number of anilines is 1. The number of hydrogen-bond donors (Lipinski definition) is 1. The van der Waals surface area contributed by atoms with Crippen LogP contribution in [0.1, 0.15) is 33.3 Å². The highest BCUT2D eigenvalue weighted by molar-refractivity contribution is 7.15. The van der Waals surface area contributed by atoms with Crippen molar-refractivity contribution in [2.75, 3.05) is 11.9 Å². The zero-order valence-corrected chi connectivity index (χ0v) is 15.0. The fourth-order valence-corrected chi connectivity index (χ4v) is 3.29. The lowest BCUT2D eigenvalue weighted by Crippen LogP contribution is -2.14. The van der Waals surface area contributed by atoms with Crippen LogP contribution in [0.2, 0.25) is 0 Å². The molecule has 2 heterocycles. The number of ether oxygens (including phenoxy) is 1. The lowest BCUT2D eigenvalue weighted by Gasteiger charge is -2.07. The number of amides is 1. The predicted octanol–water partition coefficient (Wildman–Crippen LogP) is 4.09. The number of hydrogen-bond acceptors (Lipinski definition) is 5. The summed E-state index contributed by atoms with van der Waals surface area (Å²) in [7, 11) is 0. The molecule has 3 aromatic rings. The zero-order valence-electron chi connectivity index (χ0n) is 14.2. The van der Waals surface area contributed by atoms with Gasteiger partial charge in [0.05, 0.1) is 6.61 Å². The molecule has 25 heavy (non-hydrogen) atoms. The summed E-state index contributed by atoms with van der Waals surface area (Å²) < 4.78 is 5.40. The van der Waals surface area contributed by atoms with Crippen LogP contribution in [-0.2, 0) is 6.42 Å². The van der Waals surface area contributed by atoms with Crippen LogP contribution in [0, 0.1) is 6.92 Å². The first-order chi connectivity index (χ1) is 12.2. The van der Waals surface area contributed by atoms with Gasteiger partial charge in [-0.05, 0) is 31.5 Å². The molecule has 0 aliphatic carbocycles. The average molecular weight is 353 g/mol. The minimum Gasteiger partial charge on any atom is -0.477 e. The maximum Gasteiger partial charge on any atom is 0.262 e. The average Bonchev–Trinajstić information content (AvgIpc) is 3.02. The molecule has 0 bridgehead atoms. The van der Waals surface area contributed by atoms with E-state index in [9.17, 15) is 4.79 Å². The normalized spacial score (nSPS) is 10.5. The quantitative estimate of drug-likeness (QED) is 0.725. The second-order valence-corrected chi connectivity index (χ2v) is 6.66. The highest BCUT2D eigenvalue weighted by atomic mass is 32.1. The van der Waals surface area contributed by atoms with Crippen LogP contribution in [0.5, 0.6) is 5.88 Å². The van der Waals surface area contributed by atoms with Gasteiger partial charge in [0.1, 0.15) is 5.56 Å². The smallest absolute Gasteiger partial charge is 0.262 e. The number of rotatable bonds is 6. The number of carbonyl (C=O) groups excluding carboxylic acids is 1. The van der Waals surface area contributed by atoms with Gasteiger partial charge in [-0.3, -0.25) is 10.1 Å². The summed E-state index contributed by atoms with van der Waals surface area (Å²) in [4.78, 5) is 22.0. The molecular formula is C19H19N3O2S. The van der Waals surface area contributed by atoms with Crippen molar-refractivity contribution >= 4 is 22.4 Å². The molecule has 1 aromatic carbocycles. The maximum absolute atomic E-state index is 12.5. The number of carbonyl (C=O) groups is 1. The SMILES string of the molecule is CCOc1ncccc1C(=O)Nc1ncc(Cc2cccc(C)c2)s1. The van der Waals surface area contributed by atoms with Crippen molar-refractivity contribution in [1.82, 2.24) is 9.97 Å². The Kier molecular flexibility index (Phi) is 5.40. The zero-order chi connectivity index (χ0) is 17.6. The second-order valence-electron chi connectivity index (χ2n) is 5.54. The maximum atomic E-state index is 12.5. The number of thiazole rings is 1. The van der Waals surface area contributed by atoms with E-state index in [1.807, 2.05) is 13.0 Å². The standard InChI is InChI=1S/C19H19N3O2S/c1-3-24-18-16(8-5-9-20-18)17(23)22-19-21-12-15(25-19)11-14-7-4-6-13(2)10-14/h4-10,12H,3,11H2,1-2H3,(H,21,22,23). The van der Waals surface area contributed by atoms with Crippen LogP contribution in [-0.4, -0.2) is 22.5 Å². The molecule has 0 radical (unpaired) electrons. The molecule has 0 atom stereocenters. The van der Waals surface area contributed by atoms with Crippen LogP contribution in [0.15, 0.2) is 48.8 Å². The summed E-state index contributed by atoms with van der Waals surface area (Å²) >= 11 is 1.47. The molecule has 128 valence electrons. The summed E-state index contributed by atoms with van der Waals surface area (Å²) in [6.45, 7) is 4.38. The molecule has 6 heteroatoms. The monoisotopic (exact) mass is 353 g/mol. The van der Waals surface area contributed by atoms with E-state index in [1.54, 1.807) is 24.5 Å². The van der Waals surface area contributed by atoms with Crippen molar-refractivity contribution in [3.63, 3.8) is 0 Å². The molecule has 2 aromatic heterocycles. The third-order valence-electron chi connectivity index (χ3n) is 3.53. The molecular weight excluding hydrogens is 334 g/mol. The van der Waals surface area contributed by atoms with Crippen LogP contribution in [0.25, 0.3) is 0 Å². The van der Waals surface area contributed by atoms with Crippen molar-refractivity contribution in [2.45, 2.75) is 20.3 Å². The Labute approximate surface area is 150 Å². The molecule has 3 rings (SSSR count). The van der Waals surface area contributed by atoms with Gasteiger partial charge < -0.3 is 4.74 Å². The Balaban J connectivity index is 1.70. The third kappa shape index (κ3) is 4.42. The van der Waals surface area contributed by atoms with Crippen molar-refractivity contribution in [2.24, 2.45) is 0 Å². The summed E-state index contributed by atoms with van der Waals surface area (Å²) in [6, 6.07) is 11.8. The Morgan fingerprint density at radius 1 is 1.24 bits per heavy atom. The van der Waals surface area contributed by atoms with Crippen molar-refractivity contribution in [3.8, 4) is 5.88 Å². The topological polar surface area (TPSA) is 64.1 Å². The van der Waals surface area contributed by atoms with Crippen LogP contribution in [0.3, 0.4) is 0 Å². The van der Waals surface area contributed by atoms with E-state index in [1.165, 1.54) is 22.5 Å². The minimum absolute atomic E-state index is 0.270. The van der Waals surface area contributed by atoms with Crippen LogP contribution >= 0.6 is 11.3 Å². The molecule has 0 fully saturated rings. The first-order valence-electron chi connectivity index (χ1n) is 8.05. The van der Waals surface area contributed by atoms with Gasteiger partial charge in [0.15, 0.2) is 5.13 Å². The van der Waals surface area contributed by atoms with Gasteiger partial charge >= 0.3 is 0 Å². The largest absolute Gasteiger partial charge is 0.477 e. The molecule has 0 aliphatic rings. The van der Waals surface area contributed by atoms with E-state index in [4.69, 9.17) is 4.74 Å². The van der Waals surface area contributed by atoms with Gasteiger partial charge in [-0.25, -0.2) is 9.97 Å².